The van der Waals surface area contributed by atoms with E-state index in [1.54, 1.807) is 7.05 Å². The molecule has 0 aromatic carbocycles. The third-order valence-corrected chi connectivity index (χ3v) is 2.28. The van der Waals surface area contributed by atoms with Gasteiger partial charge in [0.1, 0.15) is 0 Å². The number of aromatic nitrogens is 4. The van der Waals surface area contributed by atoms with Crippen LogP contribution in [0.3, 0.4) is 0 Å². The third-order valence-electron chi connectivity index (χ3n) is 2.28. The van der Waals surface area contributed by atoms with Crippen molar-refractivity contribution in [1.29, 1.82) is 0 Å². The molecule has 0 aliphatic carbocycles. The van der Waals surface area contributed by atoms with Crippen molar-refractivity contribution in [3.8, 4) is 6.01 Å². The first-order valence-corrected chi connectivity index (χ1v) is 4.26. The van der Waals surface area contributed by atoms with E-state index < -0.39 is 11.2 Å². The van der Waals surface area contributed by atoms with Crippen molar-refractivity contribution in [1.82, 2.24) is 19.1 Å². The lowest BCUT2D eigenvalue weighted by atomic mass is 10.5. The van der Waals surface area contributed by atoms with Gasteiger partial charge in [0.15, 0.2) is 11.2 Å². The topological polar surface area (TPSA) is 81.9 Å². The van der Waals surface area contributed by atoms with Crippen molar-refractivity contribution >= 4 is 11.2 Å². The summed E-state index contributed by atoms with van der Waals surface area (Å²) in [7, 11) is 4.63. The molecule has 0 saturated carbocycles. The zero-order valence-electron chi connectivity index (χ0n) is 8.57. The predicted octanol–water partition coefficient (Wildman–Crippen LogP) is -1.03. The minimum atomic E-state index is -0.492. The highest BCUT2D eigenvalue weighted by molar-refractivity contribution is 5.71. The molecule has 2 aromatic heterocycles. The number of hydrogen-bond donors (Lipinski definition) is 1. The molecule has 2 heterocycles. The number of aromatic amines is 1. The molecule has 15 heavy (non-hydrogen) atoms. The fourth-order valence-electron chi connectivity index (χ4n) is 1.47. The second-order valence-corrected chi connectivity index (χ2v) is 3.15. The molecular formula is C8H10N4O3. The molecule has 7 nitrogen and oxygen atoms in total. The van der Waals surface area contributed by atoms with Gasteiger partial charge in [-0.25, -0.2) is 4.79 Å². The quantitative estimate of drug-likeness (QED) is 0.652. The first kappa shape index (κ1) is 9.50. The van der Waals surface area contributed by atoms with Crippen LogP contribution in [-0.4, -0.2) is 26.2 Å². The monoisotopic (exact) mass is 210 g/mol. The van der Waals surface area contributed by atoms with Gasteiger partial charge in [0, 0.05) is 14.1 Å². The summed E-state index contributed by atoms with van der Waals surface area (Å²) in [6.45, 7) is 0. The molecule has 0 aliphatic heterocycles. The standard InChI is InChI=1S/C8H10N4O3/c1-11-4-5(9-8(11)15-3)12(2)7(14)10-6(4)13/h1-3H3,(H,10,13,14). The number of rotatable bonds is 1. The van der Waals surface area contributed by atoms with E-state index in [2.05, 4.69) is 9.97 Å². The highest BCUT2D eigenvalue weighted by atomic mass is 16.5. The van der Waals surface area contributed by atoms with Gasteiger partial charge in [-0.2, -0.15) is 4.98 Å². The minimum Gasteiger partial charge on any atom is -0.468 e. The molecule has 0 unspecified atom stereocenters. The van der Waals surface area contributed by atoms with Crippen molar-refractivity contribution in [2.45, 2.75) is 0 Å². The van der Waals surface area contributed by atoms with Crippen molar-refractivity contribution in [3.05, 3.63) is 20.8 Å². The van der Waals surface area contributed by atoms with Crippen LogP contribution in [0, 0.1) is 0 Å². The molecule has 0 bridgehead atoms. The fraction of sp³-hybridized carbons (Fsp3) is 0.375. The van der Waals surface area contributed by atoms with Crippen LogP contribution in [0.2, 0.25) is 0 Å². The SMILES string of the molecule is COc1nc2c(c(=O)[nH]c(=O)n2C)n1C. The van der Waals surface area contributed by atoms with Crippen molar-refractivity contribution < 1.29 is 4.74 Å². The number of fused-ring (bicyclic) bond motifs is 1. The van der Waals surface area contributed by atoms with E-state index in [1.807, 2.05) is 0 Å². The van der Waals surface area contributed by atoms with Crippen LogP contribution in [0.5, 0.6) is 6.01 Å². The number of ether oxygens (including phenoxy) is 1. The van der Waals surface area contributed by atoms with Crippen LogP contribution in [0.1, 0.15) is 0 Å². The molecule has 1 N–H and O–H groups in total. The van der Waals surface area contributed by atoms with Crippen LogP contribution >= 0.6 is 0 Å². The summed E-state index contributed by atoms with van der Waals surface area (Å²) in [5.74, 6) is 0. The number of imidazole rings is 1. The first-order valence-electron chi connectivity index (χ1n) is 4.26. The Hall–Kier alpha value is -2.05. The molecular weight excluding hydrogens is 200 g/mol. The zero-order valence-corrected chi connectivity index (χ0v) is 8.57. The smallest absolute Gasteiger partial charge is 0.329 e. The highest BCUT2D eigenvalue weighted by Gasteiger charge is 2.14. The second kappa shape index (κ2) is 2.97. The molecule has 0 spiro atoms. The van der Waals surface area contributed by atoms with E-state index >= 15 is 0 Å². The Morgan fingerprint density at radius 1 is 1.27 bits per heavy atom. The van der Waals surface area contributed by atoms with Crippen LogP contribution in [0.4, 0.5) is 0 Å². The van der Waals surface area contributed by atoms with E-state index in [-0.39, 0.29) is 6.01 Å². The maximum absolute atomic E-state index is 11.5. The zero-order chi connectivity index (χ0) is 11.2. The van der Waals surface area contributed by atoms with Gasteiger partial charge in [-0.1, -0.05) is 0 Å². The number of nitrogens with one attached hydrogen (secondary N) is 1. The highest BCUT2D eigenvalue weighted by Crippen LogP contribution is 2.13. The maximum atomic E-state index is 11.5. The second-order valence-electron chi connectivity index (χ2n) is 3.15. The molecule has 7 heteroatoms. The van der Waals surface area contributed by atoms with Gasteiger partial charge in [-0.3, -0.25) is 18.9 Å². The van der Waals surface area contributed by atoms with Gasteiger partial charge < -0.3 is 4.74 Å². The Balaban J connectivity index is 3.07. The Morgan fingerprint density at radius 2 is 1.93 bits per heavy atom. The number of methoxy groups -OCH3 is 1. The van der Waals surface area contributed by atoms with Gasteiger partial charge >= 0.3 is 5.69 Å². The van der Waals surface area contributed by atoms with Gasteiger partial charge in [-0.05, 0) is 0 Å². The van der Waals surface area contributed by atoms with Crippen LogP contribution in [0.15, 0.2) is 9.59 Å². The maximum Gasteiger partial charge on any atom is 0.329 e. The molecule has 0 fully saturated rings. The van der Waals surface area contributed by atoms with E-state index in [9.17, 15) is 9.59 Å². The van der Waals surface area contributed by atoms with Gasteiger partial charge in [0.25, 0.3) is 11.6 Å². The summed E-state index contributed by atoms with van der Waals surface area (Å²) in [6.07, 6.45) is 0. The van der Waals surface area contributed by atoms with E-state index in [0.717, 1.165) is 0 Å². The number of aryl methyl sites for hydroxylation is 2. The lowest BCUT2D eigenvalue weighted by Crippen LogP contribution is -2.29. The van der Waals surface area contributed by atoms with E-state index in [0.29, 0.717) is 11.2 Å². The van der Waals surface area contributed by atoms with Crippen molar-refractivity contribution in [2.75, 3.05) is 7.11 Å². The summed E-state index contributed by atoms with van der Waals surface area (Å²) in [4.78, 5) is 29.0. The van der Waals surface area contributed by atoms with Gasteiger partial charge in [0.2, 0.25) is 0 Å². The molecule has 0 saturated heterocycles. The van der Waals surface area contributed by atoms with Crippen molar-refractivity contribution in [3.63, 3.8) is 0 Å². The van der Waals surface area contributed by atoms with Crippen LogP contribution in [0.25, 0.3) is 11.2 Å². The predicted molar refractivity (Wildman–Crippen MR) is 53.1 cm³/mol. The summed E-state index contributed by atoms with van der Waals surface area (Å²) in [5.41, 5.74) is -0.336. The molecule has 2 aromatic rings. The Morgan fingerprint density at radius 3 is 2.53 bits per heavy atom. The Kier molecular flexibility index (Phi) is 1.88. The first-order chi connectivity index (χ1) is 7.06. The van der Waals surface area contributed by atoms with Gasteiger partial charge in [0.05, 0.1) is 7.11 Å². The lowest BCUT2D eigenvalue weighted by Gasteiger charge is -1.98. The fourth-order valence-corrected chi connectivity index (χ4v) is 1.47. The normalized spacial score (nSPS) is 10.9. The number of H-pyrrole nitrogens is 1. The van der Waals surface area contributed by atoms with E-state index in [1.165, 1.54) is 23.3 Å². The summed E-state index contributed by atoms with van der Waals surface area (Å²) < 4.78 is 7.72. The number of nitrogens with zero attached hydrogens (tertiary/aromatic N) is 3. The van der Waals surface area contributed by atoms with Crippen LogP contribution < -0.4 is 16.0 Å². The average Bonchev–Trinajstić information content (AvgIpc) is 2.53. The minimum absolute atomic E-state index is 0.289. The largest absolute Gasteiger partial charge is 0.468 e. The summed E-state index contributed by atoms with van der Waals surface area (Å²) >= 11 is 0. The molecule has 0 aliphatic rings. The molecule has 80 valence electrons. The average molecular weight is 210 g/mol. The molecule has 0 amide bonds. The third kappa shape index (κ3) is 1.16. The molecule has 0 radical (unpaired) electrons. The van der Waals surface area contributed by atoms with Crippen molar-refractivity contribution in [2.24, 2.45) is 14.1 Å². The Bertz CT molecular complexity index is 634. The summed E-state index contributed by atoms with van der Waals surface area (Å²) in [6, 6.07) is 0.289. The lowest BCUT2D eigenvalue weighted by molar-refractivity contribution is 0.368. The van der Waals surface area contributed by atoms with Crippen LogP contribution in [-0.2, 0) is 14.1 Å². The molecule has 0 atom stereocenters. The van der Waals surface area contributed by atoms with Gasteiger partial charge in [-0.15, -0.1) is 0 Å². The van der Waals surface area contributed by atoms with E-state index in [4.69, 9.17) is 4.74 Å². The Labute approximate surface area is 83.9 Å². The number of hydrogen-bond acceptors (Lipinski definition) is 4. The summed E-state index contributed by atoms with van der Waals surface area (Å²) in [5, 5.41) is 0. The molecule has 2 rings (SSSR count).